The van der Waals surface area contributed by atoms with Crippen molar-refractivity contribution in [2.45, 2.75) is 18.7 Å². The predicted molar refractivity (Wildman–Crippen MR) is 110 cm³/mol. The Labute approximate surface area is 169 Å². The van der Waals surface area contributed by atoms with Gasteiger partial charge in [0.25, 0.3) is 0 Å². The van der Waals surface area contributed by atoms with Crippen molar-refractivity contribution in [1.82, 2.24) is 5.01 Å². The van der Waals surface area contributed by atoms with E-state index in [0.29, 0.717) is 5.02 Å². The molecule has 5 rings (SSSR count). The highest BCUT2D eigenvalue weighted by atomic mass is 35.5. The molecule has 0 spiro atoms. The lowest BCUT2D eigenvalue weighted by atomic mass is 9.96. The van der Waals surface area contributed by atoms with Crippen LogP contribution in [0.25, 0.3) is 0 Å². The van der Waals surface area contributed by atoms with E-state index in [0.717, 1.165) is 40.3 Å². The number of nitrogens with zero attached hydrogens (tertiary/aromatic N) is 2. The summed E-state index contributed by atoms with van der Waals surface area (Å²) in [4.78, 5) is 0. The molecule has 0 aliphatic carbocycles. The smallest absolute Gasteiger partial charge is 0.213 e. The maximum absolute atomic E-state index is 6.35. The summed E-state index contributed by atoms with van der Waals surface area (Å²) in [6, 6.07) is 24.1. The second kappa shape index (κ2) is 6.88. The van der Waals surface area contributed by atoms with Crippen LogP contribution in [0.4, 0.5) is 0 Å². The number of rotatable bonds is 3. The Morgan fingerprint density at radius 1 is 1.04 bits per heavy atom. The fourth-order valence-electron chi connectivity index (χ4n) is 3.85. The maximum atomic E-state index is 6.35. The number of hydrogen-bond acceptors (Lipinski definition) is 4. The van der Waals surface area contributed by atoms with E-state index in [1.165, 1.54) is 0 Å². The molecule has 2 aliphatic heterocycles. The van der Waals surface area contributed by atoms with Gasteiger partial charge in [0.05, 0.1) is 18.9 Å². The molecule has 0 saturated heterocycles. The molecule has 2 aliphatic rings. The van der Waals surface area contributed by atoms with Gasteiger partial charge in [-0.15, -0.1) is 0 Å². The van der Waals surface area contributed by atoms with Crippen LogP contribution >= 0.6 is 11.6 Å². The first-order valence-corrected chi connectivity index (χ1v) is 9.62. The van der Waals surface area contributed by atoms with Crippen LogP contribution in [0, 0.1) is 0 Å². The van der Waals surface area contributed by atoms with Crippen molar-refractivity contribution in [3.05, 3.63) is 94.5 Å². The van der Waals surface area contributed by atoms with E-state index in [9.17, 15) is 0 Å². The molecule has 0 radical (unpaired) electrons. The standard InChI is InChI=1S/C23H19ClN2O2/c1-27-18-10-7-15(8-11-18)20-14-21-19-13-17(24)9-12-22(19)28-23(26(21)25-20)16-5-3-2-4-6-16/h2-13,21,23H,14H2,1H3/t21-,23+/m1/s1. The summed E-state index contributed by atoms with van der Waals surface area (Å²) in [5.74, 6) is 1.70. The van der Waals surface area contributed by atoms with Crippen molar-refractivity contribution in [2.75, 3.05) is 7.11 Å². The number of ether oxygens (including phenoxy) is 2. The second-order valence-corrected chi connectivity index (χ2v) is 7.37. The van der Waals surface area contributed by atoms with Gasteiger partial charge in [-0.2, -0.15) is 5.10 Å². The van der Waals surface area contributed by atoms with Crippen molar-refractivity contribution >= 4 is 17.3 Å². The third kappa shape index (κ3) is 2.90. The highest BCUT2D eigenvalue weighted by Crippen LogP contribution is 2.48. The third-order valence-electron chi connectivity index (χ3n) is 5.26. The van der Waals surface area contributed by atoms with Gasteiger partial charge in [-0.3, -0.25) is 0 Å². The minimum atomic E-state index is -0.268. The van der Waals surface area contributed by atoms with Gasteiger partial charge in [0.1, 0.15) is 11.5 Å². The quantitative estimate of drug-likeness (QED) is 0.584. The van der Waals surface area contributed by atoms with Gasteiger partial charge in [-0.25, -0.2) is 5.01 Å². The molecule has 0 unspecified atom stereocenters. The van der Waals surface area contributed by atoms with E-state index in [1.807, 2.05) is 60.7 Å². The summed E-state index contributed by atoms with van der Waals surface area (Å²) >= 11 is 6.28. The van der Waals surface area contributed by atoms with Crippen molar-refractivity contribution in [3.63, 3.8) is 0 Å². The molecule has 3 aromatic rings. The first-order valence-electron chi connectivity index (χ1n) is 9.24. The monoisotopic (exact) mass is 390 g/mol. The molecule has 0 saturated carbocycles. The lowest BCUT2D eigenvalue weighted by Crippen LogP contribution is -2.33. The molecule has 0 aromatic heterocycles. The van der Waals surface area contributed by atoms with Gasteiger partial charge < -0.3 is 9.47 Å². The van der Waals surface area contributed by atoms with Crippen molar-refractivity contribution < 1.29 is 9.47 Å². The van der Waals surface area contributed by atoms with Gasteiger partial charge in [-0.05, 0) is 48.0 Å². The average Bonchev–Trinajstić information content (AvgIpc) is 3.20. The van der Waals surface area contributed by atoms with E-state index in [4.69, 9.17) is 26.2 Å². The Morgan fingerprint density at radius 3 is 2.57 bits per heavy atom. The van der Waals surface area contributed by atoms with E-state index >= 15 is 0 Å². The fraction of sp³-hybridized carbons (Fsp3) is 0.174. The van der Waals surface area contributed by atoms with Crippen molar-refractivity contribution in [2.24, 2.45) is 5.10 Å². The Morgan fingerprint density at radius 2 is 1.82 bits per heavy atom. The average molecular weight is 391 g/mol. The van der Waals surface area contributed by atoms with Crippen LogP contribution in [0.3, 0.4) is 0 Å². The van der Waals surface area contributed by atoms with Crippen LogP contribution in [-0.2, 0) is 0 Å². The first kappa shape index (κ1) is 17.1. The van der Waals surface area contributed by atoms with Gasteiger partial charge >= 0.3 is 0 Å². The molecule has 4 nitrogen and oxygen atoms in total. The van der Waals surface area contributed by atoms with Crippen LogP contribution in [0.2, 0.25) is 5.02 Å². The zero-order chi connectivity index (χ0) is 19.1. The molecule has 140 valence electrons. The van der Waals surface area contributed by atoms with Gasteiger partial charge in [0.15, 0.2) is 0 Å². The lowest BCUT2D eigenvalue weighted by Gasteiger charge is -2.38. The molecule has 2 atom stereocenters. The minimum absolute atomic E-state index is 0.0877. The van der Waals surface area contributed by atoms with E-state index in [2.05, 4.69) is 17.1 Å². The van der Waals surface area contributed by atoms with Gasteiger partial charge in [0, 0.05) is 22.6 Å². The fourth-order valence-corrected chi connectivity index (χ4v) is 4.03. The molecule has 0 fully saturated rings. The third-order valence-corrected chi connectivity index (χ3v) is 5.49. The SMILES string of the molecule is COc1ccc(C2=NN3[C@H](C2)c2cc(Cl)ccc2O[C@H]3c2ccccc2)cc1. The number of fused-ring (bicyclic) bond motifs is 3. The molecule has 0 bridgehead atoms. The zero-order valence-corrected chi connectivity index (χ0v) is 16.1. The molecule has 0 amide bonds. The molecule has 0 N–H and O–H groups in total. The largest absolute Gasteiger partial charge is 0.497 e. The maximum Gasteiger partial charge on any atom is 0.213 e. The topological polar surface area (TPSA) is 34.1 Å². The molecular formula is C23H19ClN2O2. The van der Waals surface area contributed by atoms with Crippen LogP contribution in [0.5, 0.6) is 11.5 Å². The normalized spacial score (nSPS) is 20.1. The van der Waals surface area contributed by atoms with Gasteiger partial charge in [-0.1, -0.05) is 41.9 Å². The van der Waals surface area contributed by atoms with E-state index in [-0.39, 0.29) is 12.3 Å². The Hall–Kier alpha value is -2.98. The molecule has 2 heterocycles. The highest BCUT2D eigenvalue weighted by Gasteiger charge is 2.41. The molecular weight excluding hydrogens is 372 g/mol. The zero-order valence-electron chi connectivity index (χ0n) is 15.4. The number of hydrazone groups is 1. The lowest BCUT2D eigenvalue weighted by molar-refractivity contribution is -0.0190. The Balaban J connectivity index is 1.57. The Kier molecular flexibility index (Phi) is 4.21. The predicted octanol–water partition coefficient (Wildman–Crippen LogP) is 5.59. The summed E-state index contributed by atoms with van der Waals surface area (Å²) < 4.78 is 11.6. The van der Waals surface area contributed by atoms with E-state index < -0.39 is 0 Å². The first-order chi connectivity index (χ1) is 13.7. The summed E-state index contributed by atoms with van der Waals surface area (Å²) in [5, 5.41) is 7.73. The van der Waals surface area contributed by atoms with Crippen LogP contribution in [0.15, 0.2) is 77.9 Å². The second-order valence-electron chi connectivity index (χ2n) is 6.94. The molecule has 3 aromatic carbocycles. The number of halogens is 1. The molecule has 28 heavy (non-hydrogen) atoms. The van der Waals surface area contributed by atoms with Crippen molar-refractivity contribution in [1.29, 1.82) is 0 Å². The van der Waals surface area contributed by atoms with Crippen molar-refractivity contribution in [3.8, 4) is 11.5 Å². The number of methoxy groups -OCH3 is 1. The highest BCUT2D eigenvalue weighted by molar-refractivity contribution is 6.30. The van der Waals surface area contributed by atoms with Crippen LogP contribution in [-0.4, -0.2) is 17.8 Å². The van der Waals surface area contributed by atoms with Gasteiger partial charge in [0.2, 0.25) is 6.23 Å². The number of benzene rings is 3. The summed E-state index contributed by atoms with van der Waals surface area (Å²) in [6.45, 7) is 0. The summed E-state index contributed by atoms with van der Waals surface area (Å²) in [7, 11) is 1.67. The number of hydrogen-bond donors (Lipinski definition) is 0. The summed E-state index contributed by atoms with van der Waals surface area (Å²) in [5.41, 5.74) is 4.27. The molecule has 5 heteroatoms. The Bertz CT molecular complexity index is 1030. The summed E-state index contributed by atoms with van der Waals surface area (Å²) in [6.07, 6.45) is 0.530. The van der Waals surface area contributed by atoms with E-state index in [1.54, 1.807) is 7.11 Å². The van der Waals surface area contributed by atoms with Crippen LogP contribution in [0.1, 0.15) is 35.4 Å². The minimum Gasteiger partial charge on any atom is -0.497 e. The van der Waals surface area contributed by atoms with Crippen LogP contribution < -0.4 is 9.47 Å².